The summed E-state index contributed by atoms with van der Waals surface area (Å²) in [7, 11) is 3.22. The molecule has 3 aromatic rings. The van der Waals surface area contributed by atoms with Gasteiger partial charge in [-0.25, -0.2) is 9.78 Å². The summed E-state index contributed by atoms with van der Waals surface area (Å²) in [6.45, 7) is 6.60. The third-order valence-corrected chi connectivity index (χ3v) is 6.42. The highest BCUT2D eigenvalue weighted by molar-refractivity contribution is 5.71. The zero-order valence-electron chi connectivity index (χ0n) is 18.4. The van der Waals surface area contributed by atoms with Gasteiger partial charge < -0.3 is 4.57 Å². The van der Waals surface area contributed by atoms with E-state index >= 15 is 0 Å². The van der Waals surface area contributed by atoms with E-state index in [1.165, 1.54) is 41.0 Å². The van der Waals surface area contributed by atoms with Crippen molar-refractivity contribution in [3.8, 4) is 0 Å². The lowest BCUT2D eigenvalue weighted by Gasteiger charge is -2.34. The number of hydrogen-bond donors (Lipinski definition) is 0. The highest BCUT2D eigenvalue weighted by Gasteiger charge is 2.25. The van der Waals surface area contributed by atoms with Crippen LogP contribution in [0.1, 0.15) is 49.6 Å². The molecule has 0 saturated carbocycles. The summed E-state index contributed by atoms with van der Waals surface area (Å²) < 4.78 is 4.68. The average molecular weight is 410 g/mol. The Kier molecular flexibility index (Phi) is 5.64. The molecule has 0 amide bonds. The maximum absolute atomic E-state index is 13.1. The zero-order valence-corrected chi connectivity index (χ0v) is 18.4. The van der Waals surface area contributed by atoms with Gasteiger partial charge >= 0.3 is 5.69 Å². The Morgan fingerprint density at radius 3 is 2.63 bits per heavy atom. The normalized spacial score (nSPS) is 17.7. The molecule has 1 atom stereocenters. The van der Waals surface area contributed by atoms with Gasteiger partial charge in [-0.3, -0.25) is 18.8 Å². The van der Waals surface area contributed by atoms with E-state index in [2.05, 4.69) is 36.9 Å². The minimum Gasteiger partial charge on any atom is -0.317 e. The number of likely N-dealkylation sites (tertiary alicyclic amines) is 1. The van der Waals surface area contributed by atoms with Crippen molar-refractivity contribution in [3.05, 3.63) is 62.1 Å². The van der Waals surface area contributed by atoms with Crippen LogP contribution in [-0.2, 0) is 27.2 Å². The standard InChI is InChI=1S/C23H31N5O2/c1-5-18-11-6-7-12-27(18)15-19-24-21-20(22(29)26(4)23(30)25(21)3)28(19)14-17-10-8-9-16(2)13-17/h8-10,13,18H,5-7,11-12,14-15H2,1-4H3/t18-/m1/s1. The van der Waals surface area contributed by atoms with Crippen LogP contribution in [0.25, 0.3) is 11.2 Å². The molecule has 7 heteroatoms. The second-order valence-electron chi connectivity index (χ2n) is 8.51. The number of rotatable bonds is 5. The van der Waals surface area contributed by atoms with Gasteiger partial charge in [-0.2, -0.15) is 0 Å². The number of imidazole rings is 1. The first-order chi connectivity index (χ1) is 14.4. The summed E-state index contributed by atoms with van der Waals surface area (Å²) in [5.41, 5.74) is 2.64. The van der Waals surface area contributed by atoms with Gasteiger partial charge in [0, 0.05) is 26.7 Å². The Labute approximate surface area is 176 Å². The van der Waals surface area contributed by atoms with E-state index in [1.807, 2.05) is 10.6 Å². The SMILES string of the molecule is CC[C@@H]1CCCCN1Cc1nc2c(c(=O)n(C)c(=O)n2C)n1Cc1cccc(C)c1. The molecule has 0 unspecified atom stereocenters. The van der Waals surface area contributed by atoms with E-state index in [-0.39, 0.29) is 11.2 Å². The van der Waals surface area contributed by atoms with Crippen LogP contribution in [0, 0.1) is 6.92 Å². The van der Waals surface area contributed by atoms with Gasteiger partial charge in [0.1, 0.15) is 5.82 Å². The molecule has 1 saturated heterocycles. The third kappa shape index (κ3) is 3.62. The fraction of sp³-hybridized carbons (Fsp3) is 0.522. The van der Waals surface area contributed by atoms with Crippen molar-refractivity contribution >= 4 is 11.2 Å². The summed E-state index contributed by atoms with van der Waals surface area (Å²) in [5, 5.41) is 0. The molecular formula is C23H31N5O2. The van der Waals surface area contributed by atoms with Gasteiger partial charge in [0.05, 0.1) is 6.54 Å². The lowest BCUT2D eigenvalue weighted by molar-refractivity contribution is 0.131. The van der Waals surface area contributed by atoms with Gasteiger partial charge in [-0.1, -0.05) is 43.2 Å². The Hall–Kier alpha value is -2.67. The second kappa shape index (κ2) is 8.22. The van der Waals surface area contributed by atoms with E-state index in [0.717, 1.165) is 24.4 Å². The van der Waals surface area contributed by atoms with Crippen molar-refractivity contribution in [1.82, 2.24) is 23.6 Å². The van der Waals surface area contributed by atoms with Crippen molar-refractivity contribution in [2.45, 2.75) is 58.7 Å². The molecule has 3 heterocycles. The molecule has 0 bridgehead atoms. The van der Waals surface area contributed by atoms with E-state index in [4.69, 9.17) is 4.98 Å². The van der Waals surface area contributed by atoms with Gasteiger partial charge in [-0.05, 0) is 38.3 Å². The van der Waals surface area contributed by atoms with Crippen LogP contribution in [-0.4, -0.2) is 36.2 Å². The van der Waals surface area contributed by atoms with E-state index in [0.29, 0.717) is 30.3 Å². The monoisotopic (exact) mass is 409 g/mol. The zero-order chi connectivity index (χ0) is 21.4. The molecule has 1 aliphatic heterocycles. The summed E-state index contributed by atoms with van der Waals surface area (Å²) in [6.07, 6.45) is 4.77. The maximum Gasteiger partial charge on any atom is 0.332 e. The average Bonchev–Trinajstić information content (AvgIpc) is 3.09. The van der Waals surface area contributed by atoms with Crippen LogP contribution in [0.5, 0.6) is 0 Å². The fourth-order valence-electron chi connectivity index (χ4n) is 4.69. The summed E-state index contributed by atoms with van der Waals surface area (Å²) >= 11 is 0. The summed E-state index contributed by atoms with van der Waals surface area (Å²) in [5.74, 6) is 0.852. The van der Waals surface area contributed by atoms with Gasteiger partial charge in [0.2, 0.25) is 0 Å². The second-order valence-corrected chi connectivity index (χ2v) is 8.51. The van der Waals surface area contributed by atoms with Crippen LogP contribution in [0.3, 0.4) is 0 Å². The number of fused-ring (bicyclic) bond motifs is 1. The summed E-state index contributed by atoms with van der Waals surface area (Å²) in [6, 6.07) is 8.86. The Morgan fingerprint density at radius 2 is 1.90 bits per heavy atom. The first kappa shape index (κ1) is 20.6. The number of hydrogen-bond acceptors (Lipinski definition) is 4. The van der Waals surface area contributed by atoms with Crippen LogP contribution in [0.2, 0.25) is 0 Å². The molecule has 0 aliphatic carbocycles. The first-order valence-electron chi connectivity index (χ1n) is 10.9. The molecule has 0 spiro atoms. The van der Waals surface area contributed by atoms with Crippen molar-refractivity contribution in [3.63, 3.8) is 0 Å². The van der Waals surface area contributed by atoms with Crippen LogP contribution in [0.15, 0.2) is 33.9 Å². The largest absolute Gasteiger partial charge is 0.332 e. The van der Waals surface area contributed by atoms with Gasteiger partial charge in [0.25, 0.3) is 5.56 Å². The summed E-state index contributed by atoms with van der Waals surface area (Å²) in [4.78, 5) is 32.9. The smallest absolute Gasteiger partial charge is 0.317 e. The number of benzene rings is 1. The molecule has 1 fully saturated rings. The molecule has 0 radical (unpaired) electrons. The van der Waals surface area contributed by atoms with Crippen LogP contribution in [0.4, 0.5) is 0 Å². The van der Waals surface area contributed by atoms with Crippen LogP contribution < -0.4 is 11.2 Å². The minimum atomic E-state index is -0.344. The highest BCUT2D eigenvalue weighted by Crippen LogP contribution is 2.23. The molecule has 1 aliphatic rings. The van der Waals surface area contributed by atoms with E-state index in [1.54, 1.807) is 7.05 Å². The quantitative estimate of drug-likeness (QED) is 0.650. The molecule has 30 heavy (non-hydrogen) atoms. The lowest BCUT2D eigenvalue weighted by Crippen LogP contribution is -2.39. The molecule has 1 aromatic carbocycles. The van der Waals surface area contributed by atoms with E-state index < -0.39 is 0 Å². The van der Waals surface area contributed by atoms with Crippen molar-refractivity contribution in [1.29, 1.82) is 0 Å². The van der Waals surface area contributed by atoms with Gasteiger partial charge in [0.15, 0.2) is 11.2 Å². The topological polar surface area (TPSA) is 65.1 Å². The molecule has 0 N–H and O–H groups in total. The molecule has 4 rings (SSSR count). The number of nitrogens with zero attached hydrogens (tertiary/aromatic N) is 5. The maximum atomic E-state index is 13.1. The van der Waals surface area contributed by atoms with Crippen molar-refractivity contribution < 1.29 is 0 Å². The highest BCUT2D eigenvalue weighted by atomic mass is 16.2. The Morgan fingerprint density at radius 1 is 1.10 bits per heavy atom. The number of aromatic nitrogens is 4. The Bertz CT molecular complexity index is 1190. The third-order valence-electron chi connectivity index (χ3n) is 6.42. The molecule has 2 aromatic heterocycles. The van der Waals surface area contributed by atoms with E-state index in [9.17, 15) is 9.59 Å². The lowest BCUT2D eigenvalue weighted by atomic mass is 10.00. The van der Waals surface area contributed by atoms with Crippen LogP contribution >= 0.6 is 0 Å². The van der Waals surface area contributed by atoms with Crippen molar-refractivity contribution in [2.24, 2.45) is 14.1 Å². The van der Waals surface area contributed by atoms with Gasteiger partial charge in [-0.15, -0.1) is 0 Å². The minimum absolute atomic E-state index is 0.287. The molecule has 160 valence electrons. The predicted octanol–water partition coefficient (Wildman–Crippen LogP) is 2.55. The number of piperidine rings is 1. The predicted molar refractivity (Wildman–Crippen MR) is 119 cm³/mol. The first-order valence-corrected chi connectivity index (χ1v) is 10.9. The van der Waals surface area contributed by atoms with Crippen molar-refractivity contribution in [2.75, 3.05) is 6.54 Å². The number of aryl methyl sites for hydroxylation is 2. The molecular weight excluding hydrogens is 378 g/mol. The molecule has 7 nitrogen and oxygen atoms in total. The Balaban J connectivity index is 1.87. The fourth-order valence-corrected chi connectivity index (χ4v) is 4.69.